The third kappa shape index (κ3) is 7.25. The molecule has 0 spiro atoms. The fraction of sp³-hybridized carbons (Fsp3) is 0.400. The van der Waals surface area contributed by atoms with E-state index < -0.39 is 48.6 Å². The lowest BCUT2D eigenvalue weighted by Gasteiger charge is -2.42. The summed E-state index contributed by atoms with van der Waals surface area (Å²) in [6.45, 7) is 2.34. The van der Waals surface area contributed by atoms with E-state index in [9.17, 15) is 19.5 Å². The molecule has 1 heterocycles. The van der Waals surface area contributed by atoms with Crippen LogP contribution in [0.5, 0.6) is 5.75 Å². The second kappa shape index (κ2) is 12.3. The Morgan fingerprint density at radius 2 is 1.49 bits per heavy atom. The number of hydrogen-bond acceptors (Lipinski definition) is 10. The van der Waals surface area contributed by atoms with Crippen molar-refractivity contribution >= 4 is 17.9 Å². The molecule has 10 heteroatoms. The number of aliphatic hydroxyl groups excluding tert-OH is 1. The Bertz CT molecular complexity index is 991. The van der Waals surface area contributed by atoms with Crippen molar-refractivity contribution in [3.8, 4) is 5.75 Å². The Balaban J connectivity index is 1.81. The summed E-state index contributed by atoms with van der Waals surface area (Å²) in [6.07, 6.45) is -6.67. The molecule has 35 heavy (non-hydrogen) atoms. The van der Waals surface area contributed by atoms with Gasteiger partial charge >= 0.3 is 17.9 Å². The maximum Gasteiger partial charge on any atom is 0.338 e. The number of carbonyl (C=O) groups is 3. The SMILES string of the molecule is COc1ccc(COC[C@H]2O[C@H](O)[C@H](OC(C)=O)[C@@H](OC(C)=O)[C@@H]2OC(=O)c2ccccc2)cc1. The van der Waals surface area contributed by atoms with Crippen molar-refractivity contribution in [3.63, 3.8) is 0 Å². The van der Waals surface area contributed by atoms with Crippen LogP contribution >= 0.6 is 0 Å². The number of rotatable bonds is 9. The summed E-state index contributed by atoms with van der Waals surface area (Å²) in [4.78, 5) is 36.3. The van der Waals surface area contributed by atoms with E-state index in [0.29, 0.717) is 5.75 Å². The maximum absolute atomic E-state index is 12.8. The first-order chi connectivity index (χ1) is 16.8. The molecule has 1 saturated heterocycles. The van der Waals surface area contributed by atoms with Crippen LogP contribution in [0.25, 0.3) is 0 Å². The van der Waals surface area contributed by atoms with Gasteiger partial charge in [-0.15, -0.1) is 0 Å². The quantitative estimate of drug-likeness (QED) is 0.414. The van der Waals surface area contributed by atoms with Crippen molar-refractivity contribution in [2.45, 2.75) is 51.2 Å². The minimum absolute atomic E-state index is 0.125. The van der Waals surface area contributed by atoms with Gasteiger partial charge in [0.05, 0.1) is 25.9 Å². The average Bonchev–Trinajstić information content (AvgIpc) is 2.84. The van der Waals surface area contributed by atoms with Gasteiger partial charge in [0.15, 0.2) is 24.6 Å². The molecule has 2 aromatic carbocycles. The van der Waals surface area contributed by atoms with E-state index in [1.807, 2.05) is 12.1 Å². The van der Waals surface area contributed by atoms with Gasteiger partial charge in [0.1, 0.15) is 11.9 Å². The number of methoxy groups -OCH3 is 1. The summed E-state index contributed by atoms with van der Waals surface area (Å²) in [5, 5.41) is 10.5. The molecular formula is C25H28O10. The first kappa shape index (κ1) is 26.1. The highest BCUT2D eigenvalue weighted by molar-refractivity contribution is 5.89. The van der Waals surface area contributed by atoms with E-state index in [-0.39, 0.29) is 18.8 Å². The monoisotopic (exact) mass is 488 g/mol. The summed E-state index contributed by atoms with van der Waals surface area (Å²) < 4.78 is 32.6. The second-order valence-electron chi connectivity index (χ2n) is 7.81. The molecular weight excluding hydrogens is 460 g/mol. The van der Waals surface area contributed by atoms with Crippen LogP contribution in [0.4, 0.5) is 0 Å². The van der Waals surface area contributed by atoms with Gasteiger partial charge in [-0.1, -0.05) is 30.3 Å². The molecule has 3 rings (SSSR count). The molecule has 0 bridgehead atoms. The number of hydrogen-bond donors (Lipinski definition) is 1. The van der Waals surface area contributed by atoms with Gasteiger partial charge in [-0.2, -0.15) is 0 Å². The summed E-state index contributed by atoms with van der Waals surface area (Å²) in [6, 6.07) is 15.4. The molecule has 2 aromatic rings. The van der Waals surface area contributed by atoms with Crippen molar-refractivity contribution in [1.82, 2.24) is 0 Å². The molecule has 0 aromatic heterocycles. The lowest BCUT2D eigenvalue weighted by molar-refractivity contribution is -0.294. The lowest BCUT2D eigenvalue weighted by atomic mass is 9.98. The molecule has 188 valence electrons. The maximum atomic E-state index is 12.8. The third-order valence-corrected chi connectivity index (χ3v) is 5.18. The zero-order valence-corrected chi connectivity index (χ0v) is 19.6. The summed E-state index contributed by atoms with van der Waals surface area (Å²) in [7, 11) is 1.57. The smallest absolute Gasteiger partial charge is 0.338 e. The molecule has 1 aliphatic heterocycles. The Morgan fingerprint density at radius 1 is 0.857 bits per heavy atom. The molecule has 0 radical (unpaired) electrons. The van der Waals surface area contributed by atoms with Crippen molar-refractivity contribution < 1.29 is 47.9 Å². The van der Waals surface area contributed by atoms with E-state index >= 15 is 0 Å². The zero-order valence-electron chi connectivity index (χ0n) is 19.6. The largest absolute Gasteiger partial charge is 0.497 e. The van der Waals surface area contributed by atoms with Gasteiger partial charge in [-0.05, 0) is 29.8 Å². The summed E-state index contributed by atoms with van der Waals surface area (Å²) in [5.41, 5.74) is 1.09. The van der Waals surface area contributed by atoms with E-state index in [0.717, 1.165) is 19.4 Å². The van der Waals surface area contributed by atoms with E-state index in [1.165, 1.54) is 0 Å². The normalized spacial score (nSPS) is 23.7. The first-order valence-corrected chi connectivity index (χ1v) is 10.9. The molecule has 1 fully saturated rings. The fourth-order valence-corrected chi connectivity index (χ4v) is 3.60. The highest BCUT2D eigenvalue weighted by atomic mass is 16.7. The molecule has 0 amide bonds. The van der Waals surface area contributed by atoms with Gasteiger partial charge in [-0.3, -0.25) is 9.59 Å². The van der Waals surface area contributed by atoms with Crippen LogP contribution in [0.15, 0.2) is 54.6 Å². The van der Waals surface area contributed by atoms with Gasteiger partial charge in [0, 0.05) is 13.8 Å². The number of ether oxygens (including phenoxy) is 6. The number of carbonyl (C=O) groups excluding carboxylic acids is 3. The highest BCUT2D eigenvalue weighted by Gasteiger charge is 2.51. The standard InChI is InChI=1S/C25H28O10/c1-15(26)32-22-21(35-24(28)18-7-5-4-6-8-18)20(34-25(29)23(22)33-16(2)27)14-31-13-17-9-11-19(30-3)12-10-17/h4-12,20-23,25,29H,13-14H2,1-3H3/t20-,21-,22+,23-,25+/m1/s1. The van der Waals surface area contributed by atoms with Gasteiger partial charge in [0.2, 0.25) is 0 Å². The number of esters is 3. The predicted octanol–water partition coefficient (Wildman–Crippen LogP) is 2.02. The van der Waals surface area contributed by atoms with Crippen molar-refractivity contribution in [2.24, 2.45) is 0 Å². The van der Waals surface area contributed by atoms with Crippen LogP contribution < -0.4 is 4.74 Å². The van der Waals surface area contributed by atoms with Crippen LogP contribution in [-0.2, 0) is 39.9 Å². The predicted molar refractivity (Wildman–Crippen MR) is 120 cm³/mol. The molecule has 10 nitrogen and oxygen atoms in total. The highest BCUT2D eigenvalue weighted by Crippen LogP contribution is 2.29. The summed E-state index contributed by atoms with van der Waals surface area (Å²) >= 11 is 0. The van der Waals surface area contributed by atoms with Crippen LogP contribution in [0.2, 0.25) is 0 Å². The molecule has 1 N–H and O–H groups in total. The third-order valence-electron chi connectivity index (χ3n) is 5.18. The Hall–Kier alpha value is -3.47. The Labute approximate surface area is 202 Å². The minimum Gasteiger partial charge on any atom is -0.497 e. The number of aliphatic hydroxyl groups is 1. The first-order valence-electron chi connectivity index (χ1n) is 10.9. The van der Waals surface area contributed by atoms with Crippen LogP contribution in [-0.4, -0.2) is 67.4 Å². The molecule has 1 aliphatic rings. The Morgan fingerprint density at radius 3 is 2.09 bits per heavy atom. The minimum atomic E-state index is -1.65. The lowest BCUT2D eigenvalue weighted by Crippen LogP contribution is -2.62. The molecule has 0 saturated carbocycles. The van der Waals surface area contributed by atoms with Crippen LogP contribution in [0.3, 0.4) is 0 Å². The van der Waals surface area contributed by atoms with Crippen molar-refractivity contribution in [2.75, 3.05) is 13.7 Å². The fourth-order valence-electron chi connectivity index (χ4n) is 3.60. The van der Waals surface area contributed by atoms with Crippen LogP contribution in [0, 0.1) is 0 Å². The van der Waals surface area contributed by atoms with Crippen LogP contribution in [0.1, 0.15) is 29.8 Å². The van der Waals surface area contributed by atoms with E-state index in [1.54, 1.807) is 49.6 Å². The average molecular weight is 488 g/mol. The van der Waals surface area contributed by atoms with Gasteiger partial charge < -0.3 is 33.5 Å². The topological polar surface area (TPSA) is 127 Å². The molecule has 5 atom stereocenters. The van der Waals surface area contributed by atoms with E-state index in [4.69, 9.17) is 28.4 Å². The van der Waals surface area contributed by atoms with Crippen molar-refractivity contribution in [1.29, 1.82) is 0 Å². The molecule has 0 aliphatic carbocycles. The summed E-state index contributed by atoms with van der Waals surface area (Å²) in [5.74, 6) is -1.48. The molecule has 0 unspecified atom stereocenters. The second-order valence-corrected chi connectivity index (χ2v) is 7.81. The van der Waals surface area contributed by atoms with Gasteiger partial charge in [0.25, 0.3) is 0 Å². The van der Waals surface area contributed by atoms with Gasteiger partial charge in [-0.25, -0.2) is 4.79 Å². The van der Waals surface area contributed by atoms with E-state index in [2.05, 4.69) is 0 Å². The van der Waals surface area contributed by atoms with Crippen molar-refractivity contribution in [3.05, 3.63) is 65.7 Å². The number of benzene rings is 2. The Kier molecular flexibility index (Phi) is 9.18. The zero-order chi connectivity index (χ0) is 25.4.